The van der Waals surface area contributed by atoms with E-state index in [1.54, 1.807) is 10.9 Å². The van der Waals surface area contributed by atoms with Crippen molar-refractivity contribution in [3.05, 3.63) is 23.8 Å². The van der Waals surface area contributed by atoms with Crippen molar-refractivity contribution in [2.45, 2.75) is 6.04 Å². The molecule has 2 rings (SSSR count). The minimum absolute atomic E-state index is 0.165. The molecule has 1 aliphatic heterocycles. The third-order valence-corrected chi connectivity index (χ3v) is 4.75. The molecule has 1 unspecified atom stereocenters. The van der Waals surface area contributed by atoms with Gasteiger partial charge in [0.2, 0.25) is 0 Å². The lowest BCUT2D eigenvalue weighted by Crippen LogP contribution is -2.81. The summed E-state index contributed by atoms with van der Waals surface area (Å²) in [4.78, 5) is 60.1. The van der Waals surface area contributed by atoms with Gasteiger partial charge in [-0.2, -0.15) is 13.1 Å². The van der Waals surface area contributed by atoms with Crippen molar-refractivity contribution >= 4 is 40.1 Å². The van der Waals surface area contributed by atoms with E-state index in [0.29, 0.717) is 0 Å². The van der Waals surface area contributed by atoms with Crippen LogP contribution < -0.4 is 37.3 Å². The SMILES string of the molecule is NC(=O)[N@+]1(C(=O)NS(=O)(=O)NNC(=O)NNC(=O)c2ccc(O)c(O)c2)CC(N)C1=O. The van der Waals surface area contributed by atoms with E-state index in [2.05, 4.69) is 0 Å². The number of aromatic hydroxyl groups is 2. The Hall–Kier alpha value is -4.00. The Kier molecular flexibility index (Phi) is 6.30. The molecule has 1 aromatic rings. The van der Waals surface area contributed by atoms with E-state index in [9.17, 15) is 42.6 Å². The normalized spacial score (nSPS) is 20.2. The molecular formula is C13H17N8O9S+. The monoisotopic (exact) mass is 461 g/mol. The number of amides is 8. The first-order valence-corrected chi connectivity index (χ1v) is 9.49. The third-order valence-electron chi connectivity index (χ3n) is 3.93. The summed E-state index contributed by atoms with van der Waals surface area (Å²) < 4.78 is 23.3. The van der Waals surface area contributed by atoms with E-state index in [0.717, 1.165) is 18.2 Å². The Bertz CT molecular complexity index is 1070. The van der Waals surface area contributed by atoms with Gasteiger partial charge in [-0.1, -0.05) is 4.48 Å². The maximum atomic E-state index is 12.1. The molecule has 18 heteroatoms. The Balaban J connectivity index is 1.88. The van der Waals surface area contributed by atoms with Crippen LogP contribution in [0.15, 0.2) is 18.2 Å². The molecule has 1 heterocycles. The molecule has 168 valence electrons. The molecular weight excluding hydrogens is 444 g/mol. The quantitative estimate of drug-likeness (QED) is 0.0914. The van der Waals surface area contributed by atoms with Crippen molar-refractivity contribution in [2.75, 3.05) is 6.54 Å². The van der Waals surface area contributed by atoms with Crippen molar-refractivity contribution in [1.82, 2.24) is 25.8 Å². The minimum atomic E-state index is -4.82. The number of imide groups is 3. The predicted octanol–water partition coefficient (Wildman–Crippen LogP) is -3.74. The number of hydrogen-bond donors (Lipinski definition) is 9. The number of phenolic OH excluding ortho intramolecular Hbond substituents is 2. The largest absolute Gasteiger partial charge is 0.504 e. The number of rotatable bonds is 4. The molecule has 0 saturated carbocycles. The number of urea groups is 3. The molecule has 2 atom stereocenters. The maximum Gasteiger partial charge on any atom is 0.448 e. The first-order valence-electron chi connectivity index (χ1n) is 8.00. The van der Waals surface area contributed by atoms with E-state index in [-0.39, 0.29) is 5.56 Å². The van der Waals surface area contributed by atoms with Gasteiger partial charge in [-0.15, -0.1) is 4.83 Å². The van der Waals surface area contributed by atoms with Crippen LogP contribution in [0.4, 0.5) is 14.4 Å². The number of phenols is 2. The number of β-lactam (4-membered cyclic amide) rings is 1. The average molecular weight is 461 g/mol. The highest BCUT2D eigenvalue weighted by atomic mass is 32.2. The summed E-state index contributed by atoms with van der Waals surface area (Å²) in [5, 5.41) is 18.5. The van der Waals surface area contributed by atoms with Gasteiger partial charge in [0, 0.05) is 5.56 Å². The highest BCUT2D eigenvalue weighted by Crippen LogP contribution is 2.24. The number of likely N-dealkylation sites (tertiary alicyclic amines) is 1. The van der Waals surface area contributed by atoms with E-state index in [4.69, 9.17) is 11.5 Å². The number of hydrogen-bond acceptors (Lipinski definition) is 10. The number of nitrogens with two attached hydrogens (primary N) is 2. The fourth-order valence-electron chi connectivity index (χ4n) is 2.33. The van der Waals surface area contributed by atoms with E-state index in [1.807, 2.05) is 5.43 Å². The van der Waals surface area contributed by atoms with Crippen LogP contribution >= 0.6 is 0 Å². The topological polar surface area (TPSA) is 272 Å². The second-order valence-corrected chi connectivity index (χ2v) is 7.44. The molecule has 1 aromatic carbocycles. The van der Waals surface area contributed by atoms with Crippen molar-refractivity contribution in [3.63, 3.8) is 0 Å². The van der Waals surface area contributed by atoms with Gasteiger partial charge in [0.05, 0.1) is 0 Å². The fourth-order valence-corrected chi connectivity index (χ4v) is 2.99. The van der Waals surface area contributed by atoms with Gasteiger partial charge in [-0.3, -0.25) is 15.6 Å². The zero-order valence-corrected chi connectivity index (χ0v) is 16.1. The minimum Gasteiger partial charge on any atom is -0.504 e. The van der Waals surface area contributed by atoms with Gasteiger partial charge in [-0.05, 0) is 18.2 Å². The van der Waals surface area contributed by atoms with Crippen LogP contribution in [0.25, 0.3) is 0 Å². The molecule has 11 N–H and O–H groups in total. The summed E-state index contributed by atoms with van der Waals surface area (Å²) in [7, 11) is -4.82. The van der Waals surface area contributed by atoms with Crippen molar-refractivity contribution < 1.29 is 47.1 Å². The van der Waals surface area contributed by atoms with Gasteiger partial charge in [0.25, 0.3) is 5.91 Å². The number of hydrazine groups is 2. The summed E-state index contributed by atoms with van der Waals surface area (Å²) >= 11 is 0. The number of nitrogens with zero attached hydrogens (tertiary/aromatic N) is 1. The summed E-state index contributed by atoms with van der Waals surface area (Å²) in [6, 6.07) is -2.56. The fraction of sp³-hybridized carbons (Fsp3) is 0.154. The van der Waals surface area contributed by atoms with Crippen LogP contribution in [0.5, 0.6) is 11.5 Å². The molecule has 0 spiro atoms. The first kappa shape index (κ1) is 23.3. The number of primary amides is 1. The zero-order chi connectivity index (χ0) is 23.6. The second-order valence-electron chi connectivity index (χ2n) is 6.02. The van der Waals surface area contributed by atoms with Crippen LogP contribution in [0.3, 0.4) is 0 Å². The molecule has 0 radical (unpaired) electrons. The highest BCUT2D eigenvalue weighted by molar-refractivity contribution is 7.88. The second kappa shape index (κ2) is 8.39. The van der Waals surface area contributed by atoms with Gasteiger partial charge in [-0.25, -0.2) is 24.6 Å². The summed E-state index contributed by atoms with van der Waals surface area (Å²) in [5.74, 6) is -3.14. The predicted molar refractivity (Wildman–Crippen MR) is 97.2 cm³/mol. The lowest BCUT2D eigenvalue weighted by Gasteiger charge is -2.38. The molecule has 1 fully saturated rings. The number of carbonyl (C=O) groups excluding carboxylic acids is 5. The number of nitrogens with one attached hydrogen (secondary N) is 5. The molecule has 17 nitrogen and oxygen atoms in total. The Morgan fingerprint density at radius 1 is 1.06 bits per heavy atom. The number of carbonyl (C=O) groups is 5. The standard InChI is InChI=1S/C13H16N8O9S/c14-6-4-21(10(6)25,11(15)26)13(28)19-31(29,30)20-18-12(27)17-16-9(24)5-1-2-7(22)8(23)3-5/h1-3,6,20H,4,14H2,(H7-,15,16,17,18,19,22,23,24,26,27,28)/p+1/t6?,21-/m0/s1. The average Bonchev–Trinajstić information content (AvgIpc) is 2.69. The molecule has 1 aliphatic rings. The molecule has 8 amide bonds. The zero-order valence-electron chi connectivity index (χ0n) is 15.3. The van der Waals surface area contributed by atoms with Crippen LogP contribution in [0, 0.1) is 0 Å². The van der Waals surface area contributed by atoms with Crippen molar-refractivity contribution in [3.8, 4) is 11.5 Å². The van der Waals surface area contributed by atoms with E-state index in [1.165, 1.54) is 9.55 Å². The molecule has 0 bridgehead atoms. The Labute approximate surface area is 173 Å². The van der Waals surface area contributed by atoms with Crippen LogP contribution in [0.1, 0.15) is 10.4 Å². The maximum absolute atomic E-state index is 12.1. The van der Waals surface area contributed by atoms with Gasteiger partial charge >= 0.3 is 34.2 Å². The van der Waals surface area contributed by atoms with E-state index >= 15 is 0 Å². The smallest absolute Gasteiger partial charge is 0.448 e. The van der Waals surface area contributed by atoms with Crippen LogP contribution in [0.2, 0.25) is 0 Å². The van der Waals surface area contributed by atoms with E-state index < -0.39 is 68.7 Å². The van der Waals surface area contributed by atoms with Crippen LogP contribution in [-0.2, 0) is 15.0 Å². The van der Waals surface area contributed by atoms with Crippen molar-refractivity contribution in [2.24, 2.45) is 11.5 Å². The summed E-state index contributed by atoms with van der Waals surface area (Å²) in [5.41, 5.74) is 15.3. The summed E-state index contributed by atoms with van der Waals surface area (Å²) in [6.07, 6.45) is 0. The van der Waals surface area contributed by atoms with Gasteiger partial charge in [0.15, 0.2) is 17.5 Å². The molecule has 31 heavy (non-hydrogen) atoms. The van der Waals surface area contributed by atoms with Gasteiger partial charge < -0.3 is 21.7 Å². The third kappa shape index (κ3) is 4.78. The Morgan fingerprint density at radius 2 is 1.71 bits per heavy atom. The van der Waals surface area contributed by atoms with Crippen LogP contribution in [-0.4, -0.2) is 65.6 Å². The first-order chi connectivity index (χ1) is 14.3. The lowest BCUT2D eigenvalue weighted by atomic mass is 10.1. The molecule has 1 saturated heterocycles. The Morgan fingerprint density at radius 3 is 2.23 bits per heavy atom. The molecule has 0 aliphatic carbocycles. The summed E-state index contributed by atoms with van der Waals surface area (Å²) in [6.45, 7) is -0.553. The highest BCUT2D eigenvalue weighted by Gasteiger charge is 2.64. The van der Waals surface area contributed by atoms with Gasteiger partial charge in [0.1, 0.15) is 6.54 Å². The van der Waals surface area contributed by atoms with Crippen molar-refractivity contribution in [1.29, 1.82) is 0 Å². The molecule has 0 aromatic heterocycles. The lowest BCUT2D eigenvalue weighted by molar-refractivity contribution is -0.720. The number of benzene rings is 1. The number of quaternary nitrogens is 1.